The lowest BCUT2D eigenvalue weighted by molar-refractivity contribution is -0.116. The first-order chi connectivity index (χ1) is 11.9. The molecule has 1 aromatic heterocycles. The molecule has 0 spiro atoms. The van der Waals surface area contributed by atoms with Crippen LogP contribution in [0.5, 0.6) is 5.75 Å². The summed E-state index contributed by atoms with van der Waals surface area (Å²) in [5.41, 5.74) is 1.18. The van der Waals surface area contributed by atoms with Crippen molar-refractivity contribution in [3.8, 4) is 5.75 Å². The molecule has 0 unspecified atom stereocenters. The van der Waals surface area contributed by atoms with E-state index >= 15 is 0 Å². The van der Waals surface area contributed by atoms with E-state index in [1.807, 2.05) is 0 Å². The van der Waals surface area contributed by atoms with Crippen LogP contribution < -0.4 is 20.7 Å². The molecule has 0 aliphatic carbocycles. The van der Waals surface area contributed by atoms with Gasteiger partial charge >= 0.3 is 0 Å². The molecule has 0 fully saturated rings. The maximum Gasteiger partial charge on any atom is 0.247 e. The van der Waals surface area contributed by atoms with Gasteiger partial charge in [0.05, 0.1) is 17.8 Å². The number of methoxy groups -OCH3 is 1. The number of hydrogen-bond donors (Lipinski definition) is 3. The Labute approximate surface area is 150 Å². The number of aromatic nitrogens is 1. The molecule has 2 rings (SSSR count). The van der Waals surface area contributed by atoms with E-state index in [-0.39, 0.29) is 11.8 Å². The summed E-state index contributed by atoms with van der Waals surface area (Å²) >= 11 is 5.77. The molecule has 8 heteroatoms. The van der Waals surface area contributed by atoms with Crippen molar-refractivity contribution in [2.24, 2.45) is 0 Å². The lowest BCUT2D eigenvalue weighted by atomic mass is 10.2. The van der Waals surface area contributed by atoms with E-state index in [1.165, 1.54) is 20.2 Å². The maximum atomic E-state index is 12.3. The van der Waals surface area contributed by atoms with E-state index in [9.17, 15) is 9.59 Å². The summed E-state index contributed by atoms with van der Waals surface area (Å²) in [7, 11) is 1.53. The van der Waals surface area contributed by atoms with Crippen LogP contribution in [0.15, 0.2) is 36.5 Å². The molecular weight excluding hydrogens is 344 g/mol. The topological polar surface area (TPSA) is 92.4 Å². The molecular formula is C17H19ClN4O3. The first-order valence-electron chi connectivity index (χ1n) is 7.53. The van der Waals surface area contributed by atoms with Gasteiger partial charge in [0.2, 0.25) is 11.8 Å². The van der Waals surface area contributed by atoms with Gasteiger partial charge in [0, 0.05) is 18.8 Å². The second-order valence-corrected chi connectivity index (χ2v) is 5.75. The first-order valence-corrected chi connectivity index (χ1v) is 7.91. The van der Waals surface area contributed by atoms with Crippen LogP contribution in [0.4, 0.5) is 17.2 Å². The summed E-state index contributed by atoms with van der Waals surface area (Å²) in [5.74, 6) is 0.498. The molecule has 7 nitrogen and oxygen atoms in total. The highest BCUT2D eigenvalue weighted by molar-refractivity contribution is 6.30. The van der Waals surface area contributed by atoms with Gasteiger partial charge in [0.25, 0.3) is 0 Å². The van der Waals surface area contributed by atoms with E-state index in [4.69, 9.17) is 16.3 Å². The van der Waals surface area contributed by atoms with Gasteiger partial charge in [-0.15, -0.1) is 0 Å². The fraction of sp³-hybridized carbons (Fsp3) is 0.235. The van der Waals surface area contributed by atoms with Gasteiger partial charge in [-0.25, -0.2) is 4.98 Å². The van der Waals surface area contributed by atoms with Crippen LogP contribution in [0, 0.1) is 0 Å². The summed E-state index contributed by atoms with van der Waals surface area (Å²) in [6.07, 6.45) is 1.45. The smallest absolute Gasteiger partial charge is 0.247 e. The lowest BCUT2D eigenvalue weighted by Gasteiger charge is -2.18. The zero-order valence-corrected chi connectivity index (χ0v) is 14.8. The van der Waals surface area contributed by atoms with E-state index in [0.717, 1.165) is 0 Å². The molecule has 2 amide bonds. The van der Waals surface area contributed by atoms with E-state index < -0.39 is 6.04 Å². The molecule has 1 atom stereocenters. The average molecular weight is 363 g/mol. The number of nitrogens with zero attached hydrogens (tertiary/aromatic N) is 1. The Morgan fingerprint density at radius 3 is 2.56 bits per heavy atom. The van der Waals surface area contributed by atoms with Gasteiger partial charge in [0.1, 0.15) is 17.6 Å². The minimum atomic E-state index is -0.570. The Bertz CT molecular complexity index is 765. The van der Waals surface area contributed by atoms with Gasteiger partial charge < -0.3 is 20.7 Å². The van der Waals surface area contributed by atoms with Gasteiger partial charge in [-0.2, -0.15) is 0 Å². The van der Waals surface area contributed by atoms with Crippen LogP contribution in [0.2, 0.25) is 5.02 Å². The summed E-state index contributed by atoms with van der Waals surface area (Å²) in [5, 5.41) is 8.93. The standard InChI is InChI=1S/C17H19ClN4O3/c1-10(17(24)22-16-7-4-12(18)9-19-16)20-14-8-13(21-11(2)23)5-6-15(14)25-3/h4-10,20H,1-3H3,(H,21,23)(H,19,22,24)/t10-/m0/s1. The van der Waals surface area contributed by atoms with Gasteiger partial charge in [0.15, 0.2) is 0 Å². The number of hydrogen-bond acceptors (Lipinski definition) is 5. The predicted molar refractivity (Wildman–Crippen MR) is 98.3 cm³/mol. The largest absolute Gasteiger partial charge is 0.495 e. The van der Waals surface area contributed by atoms with Crippen molar-refractivity contribution in [1.29, 1.82) is 0 Å². The average Bonchev–Trinajstić information content (AvgIpc) is 2.56. The van der Waals surface area contributed by atoms with E-state index in [2.05, 4.69) is 20.9 Å². The third kappa shape index (κ3) is 5.36. The van der Waals surface area contributed by atoms with Gasteiger partial charge in [-0.3, -0.25) is 9.59 Å². The molecule has 2 aromatic rings. The SMILES string of the molecule is COc1ccc(NC(C)=O)cc1N[C@@H](C)C(=O)Nc1ccc(Cl)cn1. The second-order valence-electron chi connectivity index (χ2n) is 5.31. The fourth-order valence-electron chi connectivity index (χ4n) is 2.08. The number of benzene rings is 1. The molecule has 0 saturated heterocycles. The number of nitrogens with one attached hydrogen (secondary N) is 3. The zero-order chi connectivity index (χ0) is 18.4. The minimum Gasteiger partial charge on any atom is -0.495 e. The normalized spacial score (nSPS) is 11.4. The highest BCUT2D eigenvalue weighted by Crippen LogP contribution is 2.28. The first kappa shape index (κ1) is 18.5. The summed E-state index contributed by atoms with van der Waals surface area (Å²) in [6.45, 7) is 3.13. The number of pyridine rings is 1. The van der Waals surface area contributed by atoms with Crippen LogP contribution in [-0.4, -0.2) is 29.9 Å². The van der Waals surface area contributed by atoms with Crippen LogP contribution in [0.25, 0.3) is 0 Å². The fourth-order valence-corrected chi connectivity index (χ4v) is 2.20. The van der Waals surface area contributed by atoms with Crippen molar-refractivity contribution in [2.45, 2.75) is 19.9 Å². The van der Waals surface area contributed by atoms with Crippen molar-refractivity contribution in [1.82, 2.24) is 4.98 Å². The Morgan fingerprint density at radius 1 is 1.20 bits per heavy atom. The molecule has 132 valence electrons. The summed E-state index contributed by atoms with van der Waals surface area (Å²) in [4.78, 5) is 27.5. The van der Waals surface area contributed by atoms with Crippen LogP contribution in [0.3, 0.4) is 0 Å². The molecule has 0 aliphatic heterocycles. The quantitative estimate of drug-likeness (QED) is 0.734. The second kappa shape index (κ2) is 8.34. The van der Waals surface area contributed by atoms with Crippen molar-refractivity contribution in [3.05, 3.63) is 41.6 Å². The van der Waals surface area contributed by atoms with Crippen molar-refractivity contribution < 1.29 is 14.3 Å². The molecule has 1 aromatic carbocycles. The summed E-state index contributed by atoms with van der Waals surface area (Å²) in [6, 6.07) is 7.81. The lowest BCUT2D eigenvalue weighted by Crippen LogP contribution is -2.32. The monoisotopic (exact) mass is 362 g/mol. The number of ether oxygens (including phenoxy) is 1. The van der Waals surface area contributed by atoms with Gasteiger partial charge in [-0.05, 0) is 37.3 Å². The molecule has 0 radical (unpaired) electrons. The van der Waals surface area contributed by atoms with Crippen molar-refractivity contribution in [2.75, 3.05) is 23.1 Å². The molecule has 0 bridgehead atoms. The van der Waals surface area contributed by atoms with E-state index in [0.29, 0.717) is 28.0 Å². The summed E-state index contributed by atoms with van der Waals surface area (Å²) < 4.78 is 5.28. The van der Waals surface area contributed by atoms with Gasteiger partial charge in [-0.1, -0.05) is 11.6 Å². The van der Waals surface area contributed by atoms with Crippen LogP contribution in [0.1, 0.15) is 13.8 Å². The number of anilines is 3. The highest BCUT2D eigenvalue weighted by Gasteiger charge is 2.16. The molecule has 25 heavy (non-hydrogen) atoms. The number of amides is 2. The van der Waals surface area contributed by atoms with E-state index in [1.54, 1.807) is 37.3 Å². The zero-order valence-electron chi connectivity index (χ0n) is 14.1. The minimum absolute atomic E-state index is 0.185. The molecule has 0 aliphatic rings. The third-order valence-electron chi connectivity index (χ3n) is 3.26. The Kier molecular flexibility index (Phi) is 6.19. The highest BCUT2D eigenvalue weighted by atomic mass is 35.5. The number of carbonyl (C=O) groups excluding carboxylic acids is 2. The Hall–Kier alpha value is -2.80. The van der Waals surface area contributed by atoms with Crippen molar-refractivity contribution in [3.63, 3.8) is 0 Å². The Morgan fingerprint density at radius 2 is 1.96 bits per heavy atom. The third-order valence-corrected chi connectivity index (χ3v) is 3.49. The molecule has 3 N–H and O–H groups in total. The van der Waals surface area contributed by atoms with Crippen LogP contribution in [-0.2, 0) is 9.59 Å². The van der Waals surface area contributed by atoms with Crippen LogP contribution >= 0.6 is 11.6 Å². The molecule has 1 heterocycles. The molecule has 0 saturated carbocycles. The number of rotatable bonds is 6. The maximum absolute atomic E-state index is 12.3. The number of carbonyl (C=O) groups is 2. The predicted octanol–water partition coefficient (Wildman–Crippen LogP) is 3.14. The van der Waals surface area contributed by atoms with Crippen molar-refractivity contribution >= 4 is 40.6 Å². The number of halogens is 1. The Balaban J connectivity index is 2.09.